The summed E-state index contributed by atoms with van der Waals surface area (Å²) in [7, 11) is 0. The van der Waals surface area contributed by atoms with E-state index < -0.39 is 0 Å². The van der Waals surface area contributed by atoms with Crippen LogP contribution < -0.4 is 4.74 Å². The molecule has 0 bridgehead atoms. The van der Waals surface area contributed by atoms with E-state index in [1.165, 1.54) is 24.0 Å². The van der Waals surface area contributed by atoms with Gasteiger partial charge >= 0.3 is 0 Å². The van der Waals surface area contributed by atoms with Crippen LogP contribution in [0.15, 0.2) is 30.9 Å². The summed E-state index contributed by atoms with van der Waals surface area (Å²) < 4.78 is 5.69. The number of rotatable bonds is 3. The number of hydrogen-bond acceptors (Lipinski definition) is 2. The van der Waals surface area contributed by atoms with Crippen LogP contribution in [-0.2, 0) is 11.2 Å². The lowest BCUT2D eigenvalue weighted by Gasteiger charge is -2.48. The first-order chi connectivity index (χ1) is 11.1. The molecule has 0 amide bonds. The van der Waals surface area contributed by atoms with Crippen molar-refractivity contribution in [2.24, 2.45) is 17.3 Å². The lowest BCUT2D eigenvalue weighted by Crippen LogP contribution is -2.42. The van der Waals surface area contributed by atoms with Crippen LogP contribution in [0.5, 0.6) is 5.75 Å². The molecule has 3 aliphatic rings. The zero-order chi connectivity index (χ0) is 16.0. The first-order valence-corrected chi connectivity index (χ1v) is 9.03. The third kappa shape index (κ3) is 2.26. The summed E-state index contributed by atoms with van der Waals surface area (Å²) in [6, 6.07) is 6.62. The van der Waals surface area contributed by atoms with Gasteiger partial charge in [0.2, 0.25) is 0 Å². The van der Waals surface area contributed by atoms with Crippen LogP contribution in [-0.4, -0.2) is 12.4 Å². The smallest absolute Gasteiger partial charge is 0.139 e. The normalized spacial score (nSPS) is 35.2. The van der Waals surface area contributed by atoms with Gasteiger partial charge in [-0.15, -0.1) is 0 Å². The number of aryl methyl sites for hydroxylation is 1. The van der Waals surface area contributed by atoms with Gasteiger partial charge in [-0.25, -0.2) is 0 Å². The molecule has 2 heteroatoms. The minimum absolute atomic E-state index is 0.0221. The first kappa shape index (κ1) is 15.0. The summed E-state index contributed by atoms with van der Waals surface area (Å²) in [5.41, 5.74) is 2.96. The molecule has 0 heterocycles. The summed E-state index contributed by atoms with van der Waals surface area (Å²) in [5, 5.41) is 0. The number of carbonyl (C=O) groups is 1. The van der Waals surface area contributed by atoms with Crippen LogP contribution in [0.25, 0.3) is 0 Å². The highest BCUT2D eigenvalue weighted by Gasteiger charge is 2.54. The Hall–Kier alpha value is -1.57. The van der Waals surface area contributed by atoms with Gasteiger partial charge in [-0.3, -0.25) is 4.79 Å². The van der Waals surface area contributed by atoms with E-state index in [0.29, 0.717) is 30.1 Å². The lowest BCUT2D eigenvalue weighted by molar-refractivity contribution is -0.129. The molecule has 2 saturated carbocycles. The predicted molar refractivity (Wildman–Crippen MR) is 91.8 cm³/mol. The van der Waals surface area contributed by atoms with Gasteiger partial charge in [0, 0.05) is 11.8 Å². The molecule has 4 atom stereocenters. The van der Waals surface area contributed by atoms with Crippen molar-refractivity contribution in [2.45, 2.75) is 51.4 Å². The van der Waals surface area contributed by atoms with E-state index in [1.54, 1.807) is 6.08 Å². The highest BCUT2D eigenvalue weighted by molar-refractivity contribution is 5.87. The Kier molecular flexibility index (Phi) is 3.59. The fourth-order valence-corrected chi connectivity index (χ4v) is 5.57. The largest absolute Gasteiger partial charge is 0.490 e. The van der Waals surface area contributed by atoms with Crippen LogP contribution in [0.4, 0.5) is 0 Å². The Morgan fingerprint density at radius 1 is 1.30 bits per heavy atom. The summed E-state index contributed by atoms with van der Waals surface area (Å²) >= 11 is 0. The molecule has 1 aromatic rings. The first-order valence-electron chi connectivity index (χ1n) is 9.03. The standard InChI is InChI=1S/C21H26O2/c1-3-12-23-15-5-7-16-14(13-15)4-6-18-17(16)10-11-21(2)19(18)8-9-20(21)22/h3,5,7,13,17-19H,1,4,6,8-12H2,2H3/t17-,18-,19-,21-/m1/s1. The van der Waals surface area contributed by atoms with E-state index in [4.69, 9.17) is 4.74 Å². The van der Waals surface area contributed by atoms with Crippen molar-refractivity contribution in [1.82, 2.24) is 0 Å². The van der Waals surface area contributed by atoms with E-state index in [2.05, 4.69) is 31.7 Å². The topological polar surface area (TPSA) is 26.3 Å². The molecular weight excluding hydrogens is 284 g/mol. The highest BCUT2D eigenvalue weighted by atomic mass is 16.5. The zero-order valence-corrected chi connectivity index (χ0v) is 14.0. The molecule has 0 aliphatic heterocycles. The van der Waals surface area contributed by atoms with E-state index >= 15 is 0 Å². The molecule has 2 nitrogen and oxygen atoms in total. The fourth-order valence-electron chi connectivity index (χ4n) is 5.57. The zero-order valence-electron chi connectivity index (χ0n) is 14.0. The Labute approximate surface area is 138 Å². The molecule has 3 aliphatic carbocycles. The minimum Gasteiger partial charge on any atom is -0.490 e. The average molecular weight is 310 g/mol. The van der Waals surface area contributed by atoms with Gasteiger partial charge in [0.15, 0.2) is 0 Å². The Bertz CT molecular complexity index is 647. The summed E-state index contributed by atoms with van der Waals surface area (Å²) in [4.78, 5) is 12.4. The van der Waals surface area contributed by atoms with Crippen molar-refractivity contribution in [3.05, 3.63) is 42.0 Å². The van der Waals surface area contributed by atoms with Gasteiger partial charge in [0.25, 0.3) is 0 Å². The maximum atomic E-state index is 12.4. The lowest BCUT2D eigenvalue weighted by atomic mass is 9.55. The molecular formula is C21H26O2. The summed E-state index contributed by atoms with van der Waals surface area (Å²) in [6.45, 7) is 6.51. The summed E-state index contributed by atoms with van der Waals surface area (Å²) in [6.07, 6.45) is 8.32. The third-order valence-electron chi connectivity index (χ3n) is 6.77. The number of benzene rings is 1. The van der Waals surface area contributed by atoms with E-state index in [1.807, 2.05) is 0 Å². The second-order valence-electron chi connectivity index (χ2n) is 7.79. The van der Waals surface area contributed by atoms with Gasteiger partial charge in [0.1, 0.15) is 18.1 Å². The molecule has 4 rings (SSSR count). The number of ether oxygens (including phenoxy) is 1. The van der Waals surface area contributed by atoms with Crippen molar-refractivity contribution < 1.29 is 9.53 Å². The fraction of sp³-hybridized carbons (Fsp3) is 0.571. The minimum atomic E-state index is -0.0221. The van der Waals surface area contributed by atoms with Gasteiger partial charge in [-0.1, -0.05) is 25.6 Å². The highest BCUT2D eigenvalue weighted by Crippen LogP contribution is 2.59. The molecule has 23 heavy (non-hydrogen) atoms. The van der Waals surface area contributed by atoms with Crippen LogP contribution in [0.1, 0.15) is 56.1 Å². The average Bonchev–Trinajstić information content (AvgIpc) is 2.88. The van der Waals surface area contributed by atoms with Crippen LogP contribution in [0.3, 0.4) is 0 Å². The van der Waals surface area contributed by atoms with Crippen molar-refractivity contribution in [1.29, 1.82) is 0 Å². The number of carbonyl (C=O) groups excluding carboxylic acids is 1. The summed E-state index contributed by atoms with van der Waals surface area (Å²) in [5.74, 6) is 3.45. The number of hydrogen-bond donors (Lipinski definition) is 0. The molecule has 2 fully saturated rings. The second-order valence-corrected chi connectivity index (χ2v) is 7.79. The molecule has 0 N–H and O–H groups in total. The Morgan fingerprint density at radius 2 is 2.17 bits per heavy atom. The Morgan fingerprint density at radius 3 is 3.00 bits per heavy atom. The van der Waals surface area contributed by atoms with Crippen molar-refractivity contribution >= 4 is 5.78 Å². The predicted octanol–water partition coefficient (Wildman–Crippen LogP) is 4.68. The van der Waals surface area contributed by atoms with Gasteiger partial charge in [0.05, 0.1) is 0 Å². The number of fused-ring (bicyclic) bond motifs is 5. The van der Waals surface area contributed by atoms with E-state index in [0.717, 1.165) is 31.4 Å². The number of ketones is 1. The monoisotopic (exact) mass is 310 g/mol. The molecule has 0 spiro atoms. The molecule has 0 aromatic heterocycles. The van der Waals surface area contributed by atoms with E-state index in [-0.39, 0.29) is 5.41 Å². The van der Waals surface area contributed by atoms with E-state index in [9.17, 15) is 4.79 Å². The maximum absolute atomic E-state index is 12.4. The molecule has 0 radical (unpaired) electrons. The van der Waals surface area contributed by atoms with Gasteiger partial charge < -0.3 is 4.74 Å². The number of Topliss-reactive ketones (excluding diaryl/α,β-unsaturated/α-hetero) is 1. The molecule has 0 saturated heterocycles. The third-order valence-corrected chi connectivity index (χ3v) is 6.77. The van der Waals surface area contributed by atoms with Crippen LogP contribution >= 0.6 is 0 Å². The Balaban J connectivity index is 1.62. The maximum Gasteiger partial charge on any atom is 0.139 e. The van der Waals surface area contributed by atoms with Crippen molar-refractivity contribution in [2.75, 3.05) is 6.61 Å². The quantitative estimate of drug-likeness (QED) is 0.758. The van der Waals surface area contributed by atoms with Crippen LogP contribution in [0.2, 0.25) is 0 Å². The molecule has 1 aromatic carbocycles. The van der Waals surface area contributed by atoms with Crippen molar-refractivity contribution in [3.63, 3.8) is 0 Å². The van der Waals surface area contributed by atoms with Crippen molar-refractivity contribution in [3.8, 4) is 5.75 Å². The second kappa shape index (κ2) is 5.51. The molecule has 122 valence electrons. The SMILES string of the molecule is C=CCOc1ccc2c(c1)CC[C@@H]1[C@@H]2CC[C@@]2(C)C(=O)CC[C@H]12. The van der Waals surface area contributed by atoms with Crippen LogP contribution in [0, 0.1) is 17.3 Å². The van der Waals surface area contributed by atoms with Gasteiger partial charge in [-0.2, -0.15) is 0 Å². The molecule has 0 unspecified atom stereocenters. The van der Waals surface area contributed by atoms with Gasteiger partial charge in [-0.05, 0) is 73.1 Å².